The van der Waals surface area contributed by atoms with Gasteiger partial charge in [-0.25, -0.2) is 4.39 Å². The van der Waals surface area contributed by atoms with Crippen molar-refractivity contribution >= 4 is 11.8 Å². The van der Waals surface area contributed by atoms with E-state index in [2.05, 4.69) is 10.2 Å². The Bertz CT molecular complexity index is 753. The van der Waals surface area contributed by atoms with Gasteiger partial charge < -0.3 is 10.2 Å². The fourth-order valence-electron chi connectivity index (χ4n) is 5.98. The third-order valence-electron chi connectivity index (χ3n) is 7.22. The molecule has 5 nitrogen and oxygen atoms in total. The number of rotatable bonds is 5. The zero-order chi connectivity index (χ0) is 20.4. The average Bonchev–Trinajstić information content (AvgIpc) is 2.75. The van der Waals surface area contributed by atoms with E-state index in [9.17, 15) is 14.0 Å². The molecule has 29 heavy (non-hydrogen) atoms. The molecule has 3 saturated heterocycles. The predicted octanol–water partition coefficient (Wildman–Crippen LogP) is 3.06. The van der Waals surface area contributed by atoms with Crippen LogP contribution in [-0.4, -0.2) is 60.4 Å². The lowest BCUT2D eigenvalue weighted by atomic mass is 9.69. The minimum atomic E-state index is -0.447. The van der Waals surface area contributed by atoms with Gasteiger partial charge in [-0.2, -0.15) is 0 Å². The molecule has 4 rings (SSSR count). The molecule has 158 valence electrons. The largest absolute Gasteiger partial charge is 0.359 e. The number of likely N-dealkylation sites (tertiary alicyclic amines) is 1. The van der Waals surface area contributed by atoms with Crippen molar-refractivity contribution in [1.82, 2.24) is 15.1 Å². The molecule has 0 saturated carbocycles. The second kappa shape index (κ2) is 8.82. The number of benzene rings is 1. The summed E-state index contributed by atoms with van der Waals surface area (Å²) in [6.07, 6.45) is 6.61. The van der Waals surface area contributed by atoms with Gasteiger partial charge in [0.15, 0.2) is 0 Å². The second-order valence-corrected chi connectivity index (χ2v) is 8.81. The van der Waals surface area contributed by atoms with E-state index in [4.69, 9.17) is 0 Å². The Morgan fingerprint density at radius 2 is 1.93 bits per heavy atom. The fourth-order valence-corrected chi connectivity index (χ4v) is 5.98. The van der Waals surface area contributed by atoms with E-state index in [0.717, 1.165) is 45.2 Å². The van der Waals surface area contributed by atoms with Crippen LogP contribution in [0, 0.1) is 17.7 Å². The Morgan fingerprint density at radius 3 is 2.69 bits per heavy atom. The number of piperidine rings is 3. The van der Waals surface area contributed by atoms with Crippen LogP contribution in [0.4, 0.5) is 4.39 Å². The molecule has 6 heteroatoms. The van der Waals surface area contributed by atoms with Crippen molar-refractivity contribution in [3.63, 3.8) is 0 Å². The molecule has 1 aromatic rings. The lowest BCUT2D eigenvalue weighted by Gasteiger charge is -2.57. The van der Waals surface area contributed by atoms with Gasteiger partial charge in [-0.3, -0.25) is 14.5 Å². The van der Waals surface area contributed by atoms with E-state index in [-0.39, 0.29) is 23.4 Å². The Kier molecular flexibility index (Phi) is 6.18. The summed E-state index contributed by atoms with van der Waals surface area (Å²) in [6, 6.07) is 6.93. The Labute approximate surface area is 172 Å². The maximum absolute atomic E-state index is 14.4. The number of hydrogen-bond acceptors (Lipinski definition) is 3. The number of hydrogen-bond donors (Lipinski definition) is 1. The smallest absolute Gasteiger partial charge is 0.257 e. The molecular formula is C23H32FN3O2. The summed E-state index contributed by atoms with van der Waals surface area (Å²) in [5.41, 5.74) is 0.172. The highest BCUT2D eigenvalue weighted by Gasteiger charge is 2.49. The van der Waals surface area contributed by atoms with Gasteiger partial charge in [0.05, 0.1) is 5.56 Å². The zero-order valence-electron chi connectivity index (χ0n) is 17.3. The first-order valence-corrected chi connectivity index (χ1v) is 11.1. The maximum atomic E-state index is 14.4. The lowest BCUT2D eigenvalue weighted by molar-refractivity contribution is -0.120. The molecule has 1 N–H and O–H groups in total. The molecule has 3 heterocycles. The molecule has 4 atom stereocenters. The van der Waals surface area contributed by atoms with Crippen LogP contribution in [0.1, 0.15) is 55.3 Å². The summed E-state index contributed by atoms with van der Waals surface area (Å²) in [5.74, 6) is 0.295. The van der Waals surface area contributed by atoms with Gasteiger partial charge in [-0.05, 0) is 75.6 Å². The number of halogens is 1. The summed E-state index contributed by atoms with van der Waals surface area (Å²) in [6.45, 7) is 3.02. The normalized spacial score (nSPS) is 29.2. The van der Waals surface area contributed by atoms with E-state index in [1.165, 1.54) is 12.5 Å². The number of nitrogens with one attached hydrogen (secondary N) is 1. The second-order valence-electron chi connectivity index (χ2n) is 8.81. The van der Waals surface area contributed by atoms with E-state index < -0.39 is 5.82 Å². The summed E-state index contributed by atoms with van der Waals surface area (Å²) in [7, 11) is 1.66. The van der Waals surface area contributed by atoms with E-state index >= 15 is 0 Å². The van der Waals surface area contributed by atoms with Crippen LogP contribution in [0.25, 0.3) is 0 Å². The summed E-state index contributed by atoms with van der Waals surface area (Å²) in [5, 5.41) is 2.68. The highest BCUT2D eigenvalue weighted by atomic mass is 19.1. The van der Waals surface area contributed by atoms with Crippen LogP contribution < -0.4 is 5.32 Å². The first kappa shape index (κ1) is 20.3. The molecular weight excluding hydrogens is 369 g/mol. The summed E-state index contributed by atoms with van der Waals surface area (Å²) < 4.78 is 14.4. The average molecular weight is 402 g/mol. The first-order valence-electron chi connectivity index (χ1n) is 11.1. The van der Waals surface area contributed by atoms with Gasteiger partial charge in [-0.1, -0.05) is 12.1 Å². The highest BCUT2D eigenvalue weighted by molar-refractivity contribution is 5.94. The molecule has 0 unspecified atom stereocenters. The van der Waals surface area contributed by atoms with Crippen molar-refractivity contribution < 1.29 is 14.0 Å². The van der Waals surface area contributed by atoms with Gasteiger partial charge in [-0.15, -0.1) is 0 Å². The van der Waals surface area contributed by atoms with E-state index in [1.54, 1.807) is 25.2 Å². The van der Waals surface area contributed by atoms with Crippen LogP contribution in [-0.2, 0) is 4.79 Å². The minimum Gasteiger partial charge on any atom is -0.359 e. The number of carbonyl (C=O) groups is 2. The standard InChI is InChI=1S/C23H32FN3O2/c1-25-21(28)12-4-11-20-18-9-6-14-26-13-5-7-16(22(18)26)15-27(20)23(29)17-8-2-3-10-19(17)24/h2-3,8,10,16,18,20,22H,4-7,9,11-15H2,1H3,(H,25,28)/t16-,18+,20+,22-/m0/s1. The van der Waals surface area contributed by atoms with Crippen LogP contribution >= 0.6 is 0 Å². The van der Waals surface area contributed by atoms with Crippen LogP contribution in [0.5, 0.6) is 0 Å². The van der Waals surface area contributed by atoms with E-state index in [1.807, 2.05) is 4.90 Å². The number of amides is 2. The molecule has 3 aliphatic rings. The van der Waals surface area contributed by atoms with Crippen molar-refractivity contribution in [2.45, 2.75) is 57.0 Å². The first-order chi connectivity index (χ1) is 14.1. The van der Waals surface area contributed by atoms with Gasteiger partial charge in [0, 0.05) is 32.1 Å². The van der Waals surface area contributed by atoms with Gasteiger partial charge in [0.2, 0.25) is 5.91 Å². The van der Waals surface area contributed by atoms with Crippen molar-refractivity contribution in [3.8, 4) is 0 Å². The molecule has 0 aliphatic carbocycles. The fraction of sp³-hybridized carbons (Fsp3) is 0.652. The van der Waals surface area contributed by atoms with Crippen molar-refractivity contribution in [1.29, 1.82) is 0 Å². The highest BCUT2D eigenvalue weighted by Crippen LogP contribution is 2.43. The monoisotopic (exact) mass is 401 g/mol. The Morgan fingerprint density at radius 1 is 1.17 bits per heavy atom. The Balaban J connectivity index is 1.60. The molecule has 0 aromatic heterocycles. The molecule has 3 aliphatic heterocycles. The quantitative estimate of drug-likeness (QED) is 0.825. The van der Waals surface area contributed by atoms with Crippen LogP contribution in [0.3, 0.4) is 0 Å². The van der Waals surface area contributed by atoms with Crippen molar-refractivity contribution in [2.24, 2.45) is 11.8 Å². The summed E-state index contributed by atoms with van der Waals surface area (Å²) >= 11 is 0. The predicted molar refractivity (Wildman–Crippen MR) is 110 cm³/mol. The molecule has 0 bridgehead atoms. The lowest BCUT2D eigenvalue weighted by Crippen LogP contribution is -2.65. The van der Waals surface area contributed by atoms with Gasteiger partial charge in [0.1, 0.15) is 5.82 Å². The van der Waals surface area contributed by atoms with Crippen LogP contribution in [0.15, 0.2) is 24.3 Å². The Hall–Kier alpha value is -1.95. The van der Waals surface area contributed by atoms with Gasteiger partial charge in [0.25, 0.3) is 5.91 Å². The maximum Gasteiger partial charge on any atom is 0.257 e. The zero-order valence-corrected chi connectivity index (χ0v) is 17.3. The molecule has 3 fully saturated rings. The third-order valence-corrected chi connectivity index (χ3v) is 7.22. The summed E-state index contributed by atoms with van der Waals surface area (Å²) in [4.78, 5) is 29.7. The van der Waals surface area contributed by atoms with Crippen LogP contribution in [0.2, 0.25) is 0 Å². The number of nitrogens with zero attached hydrogens (tertiary/aromatic N) is 2. The molecule has 0 spiro atoms. The molecule has 1 aromatic carbocycles. The topological polar surface area (TPSA) is 52.7 Å². The molecule has 0 radical (unpaired) electrons. The van der Waals surface area contributed by atoms with Crippen molar-refractivity contribution in [3.05, 3.63) is 35.6 Å². The third kappa shape index (κ3) is 4.04. The van der Waals surface area contributed by atoms with Gasteiger partial charge >= 0.3 is 0 Å². The minimum absolute atomic E-state index is 0.0357. The molecule has 2 amide bonds. The SMILES string of the molecule is CNC(=O)CCC[C@@H]1[C@H]2CCCN3CCC[C@@H](CN1C(=O)c1ccccc1F)[C@@H]23. The number of carbonyl (C=O) groups excluding carboxylic acids is 2. The van der Waals surface area contributed by atoms with Crippen molar-refractivity contribution in [2.75, 3.05) is 26.7 Å². The van der Waals surface area contributed by atoms with E-state index in [0.29, 0.717) is 30.8 Å².